The fraction of sp³-hybridized carbons (Fsp3) is 0.312. The van der Waals surface area contributed by atoms with Crippen LogP contribution in [0.5, 0.6) is 0 Å². The van der Waals surface area contributed by atoms with Crippen LogP contribution in [0.3, 0.4) is 0 Å². The van der Waals surface area contributed by atoms with Gasteiger partial charge in [0.2, 0.25) is 0 Å². The van der Waals surface area contributed by atoms with E-state index in [-0.39, 0.29) is 0 Å². The molecule has 2 aromatic carbocycles. The van der Waals surface area contributed by atoms with E-state index in [0.717, 1.165) is 42.6 Å². The molecule has 0 saturated carbocycles. The van der Waals surface area contributed by atoms with Crippen molar-refractivity contribution in [2.24, 2.45) is 0 Å². The molecule has 0 aliphatic carbocycles. The first-order valence-electron chi connectivity index (χ1n) is 6.80. The molecule has 0 heterocycles. The lowest BCUT2D eigenvalue weighted by Crippen LogP contribution is -2.07. The predicted octanol–water partition coefficient (Wildman–Crippen LogP) is 3.38. The molecule has 0 fully saturated rings. The first kappa shape index (κ1) is 14.3. The molecule has 0 aliphatic heterocycles. The molecule has 0 saturated heterocycles. The van der Waals surface area contributed by atoms with Gasteiger partial charge in [0.15, 0.2) is 0 Å². The molecule has 2 aromatic rings. The Balaban J connectivity index is 2.18. The molecule has 2 N–H and O–H groups in total. The third kappa shape index (κ3) is 3.27. The minimum Gasteiger partial charge on any atom is -0.478 e. The summed E-state index contributed by atoms with van der Waals surface area (Å²) in [6.07, 6.45) is 0.919. The van der Waals surface area contributed by atoms with Crippen molar-refractivity contribution in [1.82, 2.24) is 0 Å². The first-order valence-corrected chi connectivity index (χ1v) is 6.80. The number of hydrogen-bond donors (Lipinski definition) is 2. The summed E-state index contributed by atoms with van der Waals surface area (Å²) in [5.74, 6) is -0.899. The van der Waals surface area contributed by atoms with E-state index in [0.29, 0.717) is 5.56 Å². The van der Waals surface area contributed by atoms with Crippen LogP contribution in [0, 0.1) is 0 Å². The Hall–Kier alpha value is -2.07. The van der Waals surface area contributed by atoms with Crippen LogP contribution < -0.4 is 5.32 Å². The molecule has 0 bridgehead atoms. The number of carbonyl (C=O) groups is 1. The predicted molar refractivity (Wildman–Crippen MR) is 80.5 cm³/mol. The molecule has 0 unspecified atom stereocenters. The van der Waals surface area contributed by atoms with Gasteiger partial charge in [0.25, 0.3) is 0 Å². The van der Waals surface area contributed by atoms with E-state index in [2.05, 4.69) is 5.32 Å². The van der Waals surface area contributed by atoms with Gasteiger partial charge in [-0.25, -0.2) is 4.79 Å². The molecule has 0 aliphatic rings. The average molecular weight is 273 g/mol. The van der Waals surface area contributed by atoms with Gasteiger partial charge in [-0.05, 0) is 30.9 Å². The van der Waals surface area contributed by atoms with Crippen LogP contribution in [0.15, 0.2) is 36.4 Å². The smallest absolute Gasteiger partial charge is 0.336 e. The van der Waals surface area contributed by atoms with Crippen molar-refractivity contribution in [1.29, 1.82) is 0 Å². The molecule has 0 amide bonds. The van der Waals surface area contributed by atoms with Crippen LogP contribution in [0.2, 0.25) is 0 Å². The summed E-state index contributed by atoms with van der Waals surface area (Å²) < 4.78 is 5.29. The molecule has 0 atom stereocenters. The van der Waals surface area contributed by atoms with Crippen LogP contribution in [0.25, 0.3) is 10.8 Å². The Morgan fingerprint density at radius 2 is 1.95 bits per heavy atom. The number of rotatable bonds is 7. The maximum absolute atomic E-state index is 11.2. The number of ether oxygens (including phenoxy) is 1. The Morgan fingerprint density at radius 3 is 2.65 bits per heavy atom. The molecule has 0 spiro atoms. The molecule has 2 rings (SSSR count). The number of fused-ring (bicyclic) bond motifs is 1. The standard InChI is InChI=1S/C16H19NO3/c1-2-20-11-5-10-17-15-9-8-14(16(18)19)12-6-3-4-7-13(12)15/h3-4,6-9,17H,2,5,10-11H2,1H3,(H,18,19). The van der Waals surface area contributed by atoms with Gasteiger partial charge >= 0.3 is 5.97 Å². The lowest BCUT2D eigenvalue weighted by atomic mass is 10.0. The first-order chi connectivity index (χ1) is 9.74. The molecule has 0 aromatic heterocycles. The van der Waals surface area contributed by atoms with Crippen LogP contribution in [-0.4, -0.2) is 30.8 Å². The molecule has 4 heteroatoms. The van der Waals surface area contributed by atoms with Crippen LogP contribution in [-0.2, 0) is 4.74 Å². The van der Waals surface area contributed by atoms with Crippen molar-refractivity contribution in [3.63, 3.8) is 0 Å². The number of aromatic carboxylic acids is 1. The summed E-state index contributed by atoms with van der Waals surface area (Å²) in [4.78, 5) is 11.2. The quantitative estimate of drug-likeness (QED) is 0.759. The van der Waals surface area contributed by atoms with Crippen LogP contribution in [0.1, 0.15) is 23.7 Å². The second kappa shape index (κ2) is 6.91. The minimum atomic E-state index is -0.899. The van der Waals surface area contributed by atoms with E-state index in [1.165, 1.54) is 0 Å². The van der Waals surface area contributed by atoms with Gasteiger partial charge in [0.1, 0.15) is 0 Å². The van der Waals surface area contributed by atoms with Crippen LogP contribution >= 0.6 is 0 Å². The number of carboxylic acids is 1. The largest absolute Gasteiger partial charge is 0.478 e. The van der Waals surface area contributed by atoms with Gasteiger partial charge in [-0.1, -0.05) is 24.3 Å². The normalized spacial score (nSPS) is 10.7. The van der Waals surface area contributed by atoms with Crippen molar-refractivity contribution in [3.05, 3.63) is 42.0 Å². The summed E-state index contributed by atoms with van der Waals surface area (Å²) in [6.45, 7) is 4.24. The highest BCUT2D eigenvalue weighted by atomic mass is 16.5. The average Bonchev–Trinajstić information content (AvgIpc) is 2.46. The number of hydrogen-bond acceptors (Lipinski definition) is 3. The van der Waals surface area contributed by atoms with Crippen LogP contribution in [0.4, 0.5) is 5.69 Å². The fourth-order valence-electron chi connectivity index (χ4n) is 2.18. The highest BCUT2D eigenvalue weighted by molar-refractivity contribution is 6.07. The molecular formula is C16H19NO3. The third-order valence-corrected chi connectivity index (χ3v) is 3.14. The van der Waals surface area contributed by atoms with Gasteiger partial charge < -0.3 is 15.2 Å². The SMILES string of the molecule is CCOCCCNc1ccc(C(=O)O)c2ccccc12. The van der Waals surface area contributed by atoms with Gasteiger partial charge in [-0.3, -0.25) is 0 Å². The van der Waals surface area contributed by atoms with Crippen molar-refractivity contribution in [2.75, 3.05) is 25.1 Å². The number of benzene rings is 2. The fourth-order valence-corrected chi connectivity index (χ4v) is 2.18. The van der Waals surface area contributed by atoms with Gasteiger partial charge in [-0.15, -0.1) is 0 Å². The van der Waals surface area contributed by atoms with E-state index in [1.807, 2.05) is 37.3 Å². The second-order valence-electron chi connectivity index (χ2n) is 4.49. The zero-order valence-corrected chi connectivity index (χ0v) is 11.6. The Kier molecular flexibility index (Phi) is 4.96. The molecular weight excluding hydrogens is 254 g/mol. The number of nitrogens with one attached hydrogen (secondary N) is 1. The Labute approximate surface area is 118 Å². The third-order valence-electron chi connectivity index (χ3n) is 3.14. The Morgan fingerprint density at radius 1 is 1.20 bits per heavy atom. The van der Waals surface area contributed by atoms with Crippen molar-refractivity contribution < 1.29 is 14.6 Å². The lowest BCUT2D eigenvalue weighted by Gasteiger charge is -2.11. The summed E-state index contributed by atoms with van der Waals surface area (Å²) >= 11 is 0. The summed E-state index contributed by atoms with van der Waals surface area (Å²) in [7, 11) is 0. The van der Waals surface area contributed by atoms with E-state index in [9.17, 15) is 9.90 Å². The summed E-state index contributed by atoms with van der Waals surface area (Å²) in [5, 5.41) is 14.2. The minimum absolute atomic E-state index is 0.334. The zero-order chi connectivity index (χ0) is 14.4. The van der Waals surface area contributed by atoms with E-state index in [1.54, 1.807) is 6.07 Å². The van der Waals surface area contributed by atoms with Gasteiger partial charge in [0, 0.05) is 30.8 Å². The van der Waals surface area contributed by atoms with E-state index < -0.39 is 5.97 Å². The highest BCUT2D eigenvalue weighted by Gasteiger charge is 2.10. The zero-order valence-electron chi connectivity index (χ0n) is 11.6. The second-order valence-corrected chi connectivity index (χ2v) is 4.49. The maximum Gasteiger partial charge on any atom is 0.336 e. The number of anilines is 1. The maximum atomic E-state index is 11.2. The molecule has 0 radical (unpaired) electrons. The Bertz CT molecular complexity index is 595. The van der Waals surface area contributed by atoms with E-state index in [4.69, 9.17) is 4.74 Å². The number of carboxylic acid groups (broad SMARTS) is 1. The van der Waals surface area contributed by atoms with Crippen molar-refractivity contribution in [3.8, 4) is 0 Å². The molecule has 20 heavy (non-hydrogen) atoms. The van der Waals surface area contributed by atoms with Crippen molar-refractivity contribution in [2.45, 2.75) is 13.3 Å². The molecule has 4 nitrogen and oxygen atoms in total. The summed E-state index contributed by atoms with van der Waals surface area (Å²) in [6, 6.07) is 11.0. The lowest BCUT2D eigenvalue weighted by molar-refractivity contribution is 0.0699. The summed E-state index contributed by atoms with van der Waals surface area (Å²) in [5.41, 5.74) is 1.29. The highest BCUT2D eigenvalue weighted by Crippen LogP contribution is 2.26. The van der Waals surface area contributed by atoms with E-state index >= 15 is 0 Å². The van der Waals surface area contributed by atoms with Gasteiger partial charge in [-0.2, -0.15) is 0 Å². The topological polar surface area (TPSA) is 58.6 Å². The monoisotopic (exact) mass is 273 g/mol. The van der Waals surface area contributed by atoms with Crippen molar-refractivity contribution >= 4 is 22.4 Å². The molecule has 106 valence electrons. The van der Waals surface area contributed by atoms with Gasteiger partial charge in [0.05, 0.1) is 5.56 Å².